The summed E-state index contributed by atoms with van der Waals surface area (Å²) in [6.07, 6.45) is -1.26. The number of fused-ring (bicyclic) bond motifs is 1. The van der Waals surface area contributed by atoms with Gasteiger partial charge in [-0.15, -0.1) is 0 Å². The van der Waals surface area contributed by atoms with E-state index in [1.807, 2.05) is 37.8 Å². The van der Waals surface area contributed by atoms with Gasteiger partial charge in [0, 0.05) is 48.8 Å². The highest BCUT2D eigenvalue weighted by Crippen LogP contribution is 2.42. The van der Waals surface area contributed by atoms with Crippen LogP contribution in [0.4, 0.5) is 24.7 Å². The number of carbonyl (C=O) groups is 1. The first-order chi connectivity index (χ1) is 20.8. The van der Waals surface area contributed by atoms with Gasteiger partial charge in [0.25, 0.3) is 0 Å². The van der Waals surface area contributed by atoms with Gasteiger partial charge >= 0.3 is 11.9 Å². The summed E-state index contributed by atoms with van der Waals surface area (Å²) in [7, 11) is 1.62. The van der Waals surface area contributed by atoms with E-state index in [0.717, 1.165) is 30.5 Å². The lowest BCUT2D eigenvalue weighted by molar-refractivity contribution is -0.139. The van der Waals surface area contributed by atoms with Crippen molar-refractivity contribution in [3.8, 4) is 0 Å². The Kier molecular flexibility index (Phi) is 8.69. The number of nitrogens with one attached hydrogen (secondary N) is 1. The fourth-order valence-electron chi connectivity index (χ4n) is 6.35. The van der Waals surface area contributed by atoms with Gasteiger partial charge in [0.2, 0.25) is 5.91 Å². The summed E-state index contributed by atoms with van der Waals surface area (Å²) in [6, 6.07) is 6.21. The quantitative estimate of drug-likeness (QED) is 0.272. The number of amides is 1. The van der Waals surface area contributed by atoms with E-state index in [4.69, 9.17) is 10.5 Å². The van der Waals surface area contributed by atoms with Crippen LogP contribution in [0.15, 0.2) is 35.1 Å². The van der Waals surface area contributed by atoms with Crippen LogP contribution < -0.4 is 16.7 Å². The summed E-state index contributed by atoms with van der Waals surface area (Å²) >= 11 is 0. The number of ether oxygens (including phenoxy) is 1. The first-order valence-corrected chi connectivity index (χ1v) is 15.1. The van der Waals surface area contributed by atoms with E-state index in [-0.39, 0.29) is 36.0 Å². The molecule has 9 nitrogen and oxygen atoms in total. The molecule has 1 atom stereocenters. The Labute approximate surface area is 254 Å². The third-order valence-corrected chi connectivity index (χ3v) is 8.94. The van der Waals surface area contributed by atoms with Crippen molar-refractivity contribution in [2.75, 3.05) is 31.2 Å². The Morgan fingerprint density at radius 1 is 1.18 bits per heavy atom. The molecular weight excluding hydrogens is 575 g/mol. The number of aliphatic hydroxyl groups excluding tert-OH is 1. The first-order valence-electron chi connectivity index (χ1n) is 15.1. The van der Waals surface area contributed by atoms with Gasteiger partial charge in [-0.2, -0.15) is 18.2 Å². The zero-order valence-corrected chi connectivity index (χ0v) is 25.5. The number of aromatic nitrogens is 2. The fourth-order valence-corrected chi connectivity index (χ4v) is 6.35. The van der Waals surface area contributed by atoms with E-state index in [0.29, 0.717) is 54.4 Å². The smallest absolute Gasteiger partial charge is 0.399 e. The van der Waals surface area contributed by atoms with Crippen LogP contribution in [0.25, 0.3) is 10.9 Å². The highest BCUT2D eigenvalue weighted by Gasteiger charge is 2.41. The zero-order chi connectivity index (χ0) is 32.0. The number of anilines is 2. The minimum absolute atomic E-state index is 0.0264. The van der Waals surface area contributed by atoms with Gasteiger partial charge in [0.05, 0.1) is 29.3 Å². The summed E-state index contributed by atoms with van der Waals surface area (Å²) in [5, 5.41) is 14.3. The Morgan fingerprint density at radius 2 is 1.86 bits per heavy atom. The van der Waals surface area contributed by atoms with Gasteiger partial charge < -0.3 is 25.8 Å². The summed E-state index contributed by atoms with van der Waals surface area (Å²) in [6.45, 7) is 6.18. The SMILES string of the molecule is CC[C@@H](Nc1nc(=O)n(C(C)C)c2c(CO)cc(C3(OC)CCN(C(=O)C4CC4)CC3)cc12)c1cc(N)cc(C(F)(F)F)c1. The second-order valence-electron chi connectivity index (χ2n) is 12.2. The van der Waals surface area contributed by atoms with Crippen LogP contribution in [-0.2, 0) is 27.9 Å². The number of carbonyl (C=O) groups excluding carboxylic acids is 1. The van der Waals surface area contributed by atoms with Crippen LogP contribution >= 0.6 is 0 Å². The van der Waals surface area contributed by atoms with Crippen molar-refractivity contribution in [2.24, 2.45) is 5.92 Å². The number of benzene rings is 2. The van der Waals surface area contributed by atoms with E-state index in [1.165, 1.54) is 10.6 Å². The highest BCUT2D eigenvalue weighted by molar-refractivity contribution is 5.92. The van der Waals surface area contributed by atoms with Crippen LogP contribution in [0.3, 0.4) is 0 Å². The number of nitrogen functional groups attached to an aromatic ring is 1. The molecule has 1 aromatic heterocycles. The van der Waals surface area contributed by atoms with Crippen molar-refractivity contribution in [1.82, 2.24) is 14.5 Å². The number of aliphatic hydroxyl groups is 1. The number of hydrogen-bond donors (Lipinski definition) is 3. The molecule has 5 rings (SSSR count). The zero-order valence-electron chi connectivity index (χ0n) is 25.5. The molecule has 2 aliphatic rings. The molecule has 4 N–H and O–H groups in total. The number of alkyl halides is 3. The Hall–Kier alpha value is -3.64. The molecular formula is C32H40F3N5O4. The standard InChI is InChI=1S/C32H40F3N5O4/c1-5-26(20-12-23(32(33,34)35)15-24(36)14-20)37-28-25-16-22(13-21(17-41)27(25)40(18(2)3)30(43)38-28)31(44-4)8-10-39(11-9-31)29(42)19-6-7-19/h12-16,18-19,26,41H,5-11,17,36H2,1-4H3,(H,37,38,43)/t26-/m1/s1. The molecule has 0 bridgehead atoms. The average molecular weight is 616 g/mol. The van der Waals surface area contributed by atoms with Crippen molar-refractivity contribution in [2.45, 2.75) is 83.3 Å². The number of hydrogen-bond acceptors (Lipinski definition) is 7. The van der Waals surface area contributed by atoms with E-state index in [9.17, 15) is 27.9 Å². The van der Waals surface area contributed by atoms with Crippen molar-refractivity contribution >= 4 is 28.3 Å². The predicted octanol–water partition coefficient (Wildman–Crippen LogP) is 5.51. The average Bonchev–Trinajstić information content (AvgIpc) is 3.84. The number of nitrogens with two attached hydrogens (primary N) is 1. The summed E-state index contributed by atoms with van der Waals surface area (Å²) in [4.78, 5) is 32.4. The highest BCUT2D eigenvalue weighted by atomic mass is 19.4. The lowest BCUT2D eigenvalue weighted by atomic mass is 9.82. The molecule has 1 amide bonds. The van der Waals surface area contributed by atoms with Crippen molar-refractivity contribution in [3.63, 3.8) is 0 Å². The second kappa shape index (κ2) is 12.0. The van der Waals surface area contributed by atoms with Crippen molar-refractivity contribution < 1.29 is 27.8 Å². The van der Waals surface area contributed by atoms with Gasteiger partial charge in [-0.25, -0.2) is 4.79 Å². The van der Waals surface area contributed by atoms with Gasteiger partial charge in [-0.1, -0.05) is 6.92 Å². The maximum absolute atomic E-state index is 13.6. The molecule has 1 aliphatic heterocycles. The summed E-state index contributed by atoms with van der Waals surface area (Å²) in [5.74, 6) is 0.494. The molecule has 2 heterocycles. The van der Waals surface area contributed by atoms with Crippen LogP contribution in [0.2, 0.25) is 0 Å². The van der Waals surface area contributed by atoms with Crippen molar-refractivity contribution in [3.05, 3.63) is 63.1 Å². The second-order valence-corrected chi connectivity index (χ2v) is 12.2. The number of piperidine rings is 1. The van der Waals surface area contributed by atoms with E-state index in [1.54, 1.807) is 7.11 Å². The number of halogens is 3. The predicted molar refractivity (Wildman–Crippen MR) is 162 cm³/mol. The Morgan fingerprint density at radius 3 is 2.41 bits per heavy atom. The van der Waals surface area contributed by atoms with Gasteiger partial charge in [-0.3, -0.25) is 9.36 Å². The van der Waals surface area contributed by atoms with Gasteiger partial charge in [0.15, 0.2) is 0 Å². The third kappa shape index (κ3) is 6.01. The topological polar surface area (TPSA) is 123 Å². The largest absolute Gasteiger partial charge is 0.416 e. The molecule has 2 fully saturated rings. The monoisotopic (exact) mass is 615 g/mol. The van der Waals surface area contributed by atoms with Crippen LogP contribution in [0.5, 0.6) is 0 Å². The molecule has 1 saturated carbocycles. The maximum Gasteiger partial charge on any atom is 0.416 e. The molecule has 0 radical (unpaired) electrons. The Balaban J connectivity index is 1.63. The van der Waals surface area contributed by atoms with Crippen molar-refractivity contribution in [1.29, 1.82) is 0 Å². The summed E-state index contributed by atoms with van der Waals surface area (Å²) in [5.41, 5.74) is 5.73. The minimum atomic E-state index is -4.58. The fraction of sp³-hybridized carbons (Fsp3) is 0.531. The maximum atomic E-state index is 13.6. The molecule has 1 aliphatic carbocycles. The van der Waals surface area contributed by atoms with Crippen LogP contribution in [-0.4, -0.2) is 45.7 Å². The lowest BCUT2D eigenvalue weighted by Gasteiger charge is -2.41. The lowest BCUT2D eigenvalue weighted by Crippen LogP contribution is -2.46. The third-order valence-electron chi connectivity index (χ3n) is 8.94. The van der Waals surface area contributed by atoms with E-state index in [2.05, 4.69) is 10.3 Å². The number of likely N-dealkylation sites (tertiary alicyclic amines) is 1. The molecule has 44 heavy (non-hydrogen) atoms. The molecule has 0 unspecified atom stereocenters. The van der Waals surface area contributed by atoms with E-state index >= 15 is 0 Å². The molecule has 1 saturated heterocycles. The molecule has 12 heteroatoms. The van der Waals surface area contributed by atoms with Gasteiger partial charge in [-0.05, 0) is 87.4 Å². The van der Waals surface area contributed by atoms with Crippen LogP contribution in [0, 0.1) is 5.92 Å². The van der Waals surface area contributed by atoms with Crippen LogP contribution in [0.1, 0.15) is 87.2 Å². The number of nitrogens with zero attached hydrogens (tertiary/aromatic N) is 3. The normalized spacial score (nSPS) is 17.7. The Bertz CT molecular complexity index is 1610. The minimum Gasteiger partial charge on any atom is -0.399 e. The molecule has 2 aromatic carbocycles. The van der Waals surface area contributed by atoms with Gasteiger partial charge in [0.1, 0.15) is 5.82 Å². The molecule has 0 spiro atoms. The number of methoxy groups -OCH3 is 1. The van der Waals surface area contributed by atoms with E-state index < -0.39 is 29.1 Å². The summed E-state index contributed by atoms with van der Waals surface area (Å²) < 4.78 is 48.5. The number of rotatable bonds is 9. The first kappa shape index (κ1) is 31.8. The molecule has 238 valence electrons. The molecule has 3 aromatic rings.